The van der Waals surface area contributed by atoms with Crippen LogP contribution in [0.25, 0.3) is 0 Å². The largest absolute Gasteiger partial charge is 0.391 e. The average Bonchev–Trinajstić information content (AvgIpc) is 2.77. The zero-order chi connectivity index (χ0) is 14.1. The maximum atomic E-state index is 12.7. The fourth-order valence-electron chi connectivity index (χ4n) is 3.05. The van der Waals surface area contributed by atoms with Gasteiger partial charge < -0.3 is 10.6 Å². The number of rotatable bonds is 2. The molecule has 6 heteroatoms. The number of hydrogen-bond acceptors (Lipinski definition) is 2. The monoisotopic (exact) mass is 278 g/mol. The quantitative estimate of drug-likeness (QED) is 0.814. The topological polar surface area (TPSA) is 41.1 Å². The summed E-state index contributed by atoms with van der Waals surface area (Å²) in [7, 11) is 0. The van der Waals surface area contributed by atoms with E-state index < -0.39 is 17.6 Å². The molecule has 3 nitrogen and oxygen atoms in total. The number of alkyl halides is 3. The van der Waals surface area contributed by atoms with E-state index >= 15 is 0 Å². The lowest BCUT2D eigenvalue weighted by molar-refractivity contribution is -0.184. The van der Waals surface area contributed by atoms with Crippen LogP contribution in [0.1, 0.15) is 45.4 Å². The maximum absolute atomic E-state index is 12.7. The van der Waals surface area contributed by atoms with E-state index in [9.17, 15) is 18.0 Å². The molecule has 19 heavy (non-hydrogen) atoms. The third-order valence-electron chi connectivity index (χ3n) is 4.34. The molecule has 1 amide bonds. The zero-order valence-electron chi connectivity index (χ0n) is 11.1. The molecular formula is C13H21F3N2O. The third kappa shape index (κ3) is 3.41. The van der Waals surface area contributed by atoms with E-state index in [2.05, 4.69) is 10.6 Å². The highest BCUT2D eigenvalue weighted by Crippen LogP contribution is 2.37. The van der Waals surface area contributed by atoms with Crippen LogP contribution in [0.2, 0.25) is 0 Å². The molecule has 2 N–H and O–H groups in total. The number of halogens is 3. The lowest BCUT2D eigenvalue weighted by atomic mass is 9.84. The average molecular weight is 278 g/mol. The Kier molecular flexibility index (Phi) is 4.08. The van der Waals surface area contributed by atoms with Gasteiger partial charge in [-0.2, -0.15) is 13.2 Å². The first-order valence-electron chi connectivity index (χ1n) is 6.94. The molecule has 0 spiro atoms. The van der Waals surface area contributed by atoms with Crippen molar-refractivity contribution < 1.29 is 18.0 Å². The summed E-state index contributed by atoms with van der Waals surface area (Å²) in [5.41, 5.74) is -0.606. The summed E-state index contributed by atoms with van der Waals surface area (Å²) in [5.74, 6) is -1.42. The normalized spacial score (nSPS) is 36.2. The van der Waals surface area contributed by atoms with Crippen LogP contribution in [-0.2, 0) is 4.79 Å². The van der Waals surface area contributed by atoms with E-state index in [-0.39, 0.29) is 24.8 Å². The molecule has 2 fully saturated rings. The molecular weight excluding hydrogens is 257 g/mol. The fourth-order valence-corrected chi connectivity index (χ4v) is 3.05. The highest BCUT2D eigenvalue weighted by atomic mass is 19.4. The minimum Gasteiger partial charge on any atom is -0.352 e. The standard InChI is InChI=1S/C13H21F3N2O/c1-12(6-3-7-17-12)11(19)18-10-5-2-4-9(8-10)13(14,15)16/h9-10,17H,2-8H2,1H3,(H,18,19). The highest BCUT2D eigenvalue weighted by molar-refractivity contribution is 5.86. The molecule has 0 aromatic heterocycles. The lowest BCUT2D eigenvalue weighted by Gasteiger charge is -2.33. The second kappa shape index (κ2) is 5.31. The van der Waals surface area contributed by atoms with Crippen molar-refractivity contribution in [3.63, 3.8) is 0 Å². The smallest absolute Gasteiger partial charge is 0.352 e. The van der Waals surface area contributed by atoms with Crippen molar-refractivity contribution in [3.8, 4) is 0 Å². The molecule has 1 heterocycles. The van der Waals surface area contributed by atoms with E-state index in [1.54, 1.807) is 0 Å². The first-order valence-corrected chi connectivity index (χ1v) is 6.94. The minimum absolute atomic E-state index is 0.0192. The van der Waals surface area contributed by atoms with Gasteiger partial charge in [-0.15, -0.1) is 0 Å². The van der Waals surface area contributed by atoms with Gasteiger partial charge in [0.25, 0.3) is 0 Å². The summed E-state index contributed by atoms with van der Waals surface area (Å²) < 4.78 is 38.1. The van der Waals surface area contributed by atoms with Crippen LogP contribution in [-0.4, -0.2) is 30.2 Å². The first kappa shape index (κ1) is 14.6. The Bertz CT molecular complexity index is 337. The maximum Gasteiger partial charge on any atom is 0.391 e. The van der Waals surface area contributed by atoms with Gasteiger partial charge in [-0.3, -0.25) is 4.79 Å². The number of hydrogen-bond donors (Lipinski definition) is 2. The van der Waals surface area contributed by atoms with Gasteiger partial charge in [-0.1, -0.05) is 6.42 Å². The highest BCUT2D eigenvalue weighted by Gasteiger charge is 2.43. The van der Waals surface area contributed by atoms with E-state index in [1.165, 1.54) is 0 Å². The van der Waals surface area contributed by atoms with Gasteiger partial charge >= 0.3 is 6.18 Å². The molecule has 1 aliphatic heterocycles. The van der Waals surface area contributed by atoms with E-state index in [0.29, 0.717) is 12.8 Å². The molecule has 2 rings (SSSR count). The Balaban J connectivity index is 1.90. The van der Waals surface area contributed by atoms with Crippen molar-refractivity contribution in [2.24, 2.45) is 5.92 Å². The summed E-state index contributed by atoms with van der Waals surface area (Å²) >= 11 is 0. The molecule has 1 aliphatic carbocycles. The van der Waals surface area contributed by atoms with Crippen LogP contribution in [0.3, 0.4) is 0 Å². The van der Waals surface area contributed by atoms with Gasteiger partial charge in [-0.25, -0.2) is 0 Å². The van der Waals surface area contributed by atoms with Gasteiger partial charge in [0.1, 0.15) is 0 Å². The second-order valence-electron chi connectivity index (χ2n) is 5.94. The minimum atomic E-state index is -4.14. The number of amides is 1. The SMILES string of the molecule is CC1(C(=O)NC2CCCC(C(F)(F)F)C2)CCCN1. The van der Waals surface area contributed by atoms with Crippen molar-refractivity contribution in [2.75, 3.05) is 6.54 Å². The van der Waals surface area contributed by atoms with Crippen LogP contribution in [0, 0.1) is 5.92 Å². The van der Waals surface area contributed by atoms with Crippen LogP contribution in [0.15, 0.2) is 0 Å². The summed E-state index contributed by atoms with van der Waals surface area (Å²) in [6.45, 7) is 2.61. The molecule has 3 unspecified atom stereocenters. The fraction of sp³-hybridized carbons (Fsp3) is 0.923. The van der Waals surface area contributed by atoms with Crippen LogP contribution >= 0.6 is 0 Å². The van der Waals surface area contributed by atoms with Gasteiger partial charge in [0.2, 0.25) is 5.91 Å². The number of nitrogens with one attached hydrogen (secondary N) is 2. The van der Waals surface area contributed by atoms with E-state index in [1.807, 2.05) is 6.92 Å². The summed E-state index contributed by atoms with van der Waals surface area (Å²) in [5, 5.41) is 5.93. The molecule has 1 saturated carbocycles. The third-order valence-corrected chi connectivity index (χ3v) is 4.34. The van der Waals surface area contributed by atoms with Crippen LogP contribution < -0.4 is 10.6 Å². The summed E-state index contributed by atoms with van der Waals surface area (Å²) in [4.78, 5) is 12.1. The molecule has 110 valence electrons. The van der Waals surface area contributed by atoms with Crippen molar-refractivity contribution >= 4 is 5.91 Å². The predicted octanol–water partition coefficient (Wildman–Crippen LogP) is 2.37. The van der Waals surface area contributed by atoms with Crippen LogP contribution in [0.4, 0.5) is 13.2 Å². The molecule has 0 aromatic carbocycles. The van der Waals surface area contributed by atoms with Crippen molar-refractivity contribution in [3.05, 3.63) is 0 Å². The predicted molar refractivity (Wildman–Crippen MR) is 65.6 cm³/mol. The van der Waals surface area contributed by atoms with Crippen molar-refractivity contribution in [1.82, 2.24) is 10.6 Å². The van der Waals surface area contributed by atoms with Gasteiger partial charge in [0.15, 0.2) is 0 Å². The number of carbonyl (C=O) groups excluding carboxylic acids is 1. The molecule has 0 aromatic rings. The summed E-state index contributed by atoms with van der Waals surface area (Å²) in [6, 6.07) is -0.341. The van der Waals surface area contributed by atoms with Crippen molar-refractivity contribution in [2.45, 2.75) is 63.2 Å². The molecule has 0 radical (unpaired) electrons. The lowest BCUT2D eigenvalue weighted by Crippen LogP contribution is -2.54. The van der Waals surface area contributed by atoms with Crippen LogP contribution in [0.5, 0.6) is 0 Å². The second-order valence-corrected chi connectivity index (χ2v) is 5.94. The van der Waals surface area contributed by atoms with Crippen molar-refractivity contribution in [1.29, 1.82) is 0 Å². The Morgan fingerprint density at radius 1 is 1.32 bits per heavy atom. The molecule has 0 bridgehead atoms. The van der Waals surface area contributed by atoms with Gasteiger partial charge in [-0.05, 0) is 45.6 Å². The first-order chi connectivity index (χ1) is 8.81. The Morgan fingerprint density at radius 2 is 2.05 bits per heavy atom. The Labute approximate surface area is 111 Å². The number of carbonyl (C=O) groups is 1. The van der Waals surface area contributed by atoms with E-state index in [4.69, 9.17) is 0 Å². The Morgan fingerprint density at radius 3 is 2.63 bits per heavy atom. The molecule has 1 saturated heterocycles. The molecule has 2 aliphatic rings. The van der Waals surface area contributed by atoms with Gasteiger partial charge in [0, 0.05) is 6.04 Å². The zero-order valence-corrected chi connectivity index (χ0v) is 11.1. The summed E-state index contributed by atoms with van der Waals surface area (Å²) in [6.07, 6.45) is -1.09. The van der Waals surface area contributed by atoms with E-state index in [0.717, 1.165) is 19.4 Å². The Hall–Kier alpha value is -0.780. The molecule has 3 atom stereocenters. The van der Waals surface area contributed by atoms with Gasteiger partial charge in [0.05, 0.1) is 11.5 Å².